The monoisotopic (exact) mass is 264 g/mol. The fraction of sp³-hybridized carbons (Fsp3) is 0.833. The minimum absolute atomic E-state index is 0.186. The number of amides is 1. The molecule has 9 heteroatoms. The fourth-order valence-corrected chi connectivity index (χ4v) is 4.18. The normalized spacial score (nSPS) is 18.0. The molecule has 15 heavy (non-hydrogen) atoms. The van der Waals surface area contributed by atoms with Crippen molar-refractivity contribution in [3.63, 3.8) is 0 Å². The predicted molar refractivity (Wildman–Crippen MR) is 53.3 cm³/mol. The van der Waals surface area contributed by atoms with E-state index < -0.39 is 18.7 Å². The molecule has 1 amide bonds. The Morgan fingerprint density at radius 1 is 1.60 bits per heavy atom. The lowest BCUT2D eigenvalue weighted by atomic mass is 10.4. The molecule has 0 aliphatic rings. The molecule has 2 atom stereocenters. The summed E-state index contributed by atoms with van der Waals surface area (Å²) in [6.07, 6.45) is -4.47. The Morgan fingerprint density at radius 3 is 2.40 bits per heavy atom. The van der Waals surface area contributed by atoms with Crippen LogP contribution < -0.4 is 10.6 Å². The van der Waals surface area contributed by atoms with Gasteiger partial charge in [0.2, 0.25) is 0 Å². The average molecular weight is 264 g/mol. The van der Waals surface area contributed by atoms with Crippen LogP contribution in [0, 0.1) is 0 Å². The molecule has 3 N–H and O–H groups in total. The Bertz CT molecular complexity index is 284. The van der Waals surface area contributed by atoms with Crippen LogP contribution in [0.25, 0.3) is 0 Å². The molecule has 0 bridgehead atoms. The van der Waals surface area contributed by atoms with Crippen molar-refractivity contribution < 1.29 is 22.5 Å². The standard InChI is InChI=1S/C6H12F3N2O2PS/c1-3-4(2)15-14(10,13)11-5(12)6(7,8)9/h4H,3H2,1-2H3,(H3,10,11,12,13). The van der Waals surface area contributed by atoms with E-state index in [4.69, 9.17) is 5.50 Å². The van der Waals surface area contributed by atoms with Crippen molar-refractivity contribution in [1.29, 1.82) is 0 Å². The summed E-state index contributed by atoms with van der Waals surface area (Å²) in [5, 5.41) is 1.11. The average Bonchev–Trinajstić information content (AvgIpc) is 2.00. The van der Waals surface area contributed by atoms with E-state index in [9.17, 15) is 22.5 Å². The van der Waals surface area contributed by atoms with E-state index in [1.54, 1.807) is 13.8 Å². The van der Waals surface area contributed by atoms with Gasteiger partial charge < -0.3 is 0 Å². The van der Waals surface area contributed by atoms with Crippen molar-refractivity contribution in [3.05, 3.63) is 0 Å². The molecule has 90 valence electrons. The van der Waals surface area contributed by atoms with E-state index in [-0.39, 0.29) is 5.25 Å². The van der Waals surface area contributed by atoms with Crippen LogP contribution in [-0.4, -0.2) is 17.3 Å². The second-order valence-electron chi connectivity index (χ2n) is 2.86. The maximum Gasteiger partial charge on any atom is 0.471 e. The number of rotatable bonds is 4. The summed E-state index contributed by atoms with van der Waals surface area (Å²) in [6.45, 7) is -0.397. The highest BCUT2D eigenvalue weighted by Gasteiger charge is 2.41. The van der Waals surface area contributed by atoms with Crippen LogP contribution in [-0.2, 0) is 9.36 Å². The zero-order chi connectivity index (χ0) is 12.3. The Labute approximate surface area is 89.4 Å². The molecule has 0 aromatic rings. The van der Waals surface area contributed by atoms with Gasteiger partial charge in [-0.2, -0.15) is 13.2 Å². The van der Waals surface area contributed by atoms with Crippen molar-refractivity contribution >= 4 is 23.9 Å². The van der Waals surface area contributed by atoms with Crippen molar-refractivity contribution in [1.82, 2.24) is 5.09 Å². The lowest BCUT2D eigenvalue weighted by Crippen LogP contribution is -2.36. The summed E-state index contributed by atoms with van der Waals surface area (Å²) in [5.41, 5.74) is 5.08. The molecule has 0 heterocycles. The van der Waals surface area contributed by atoms with Gasteiger partial charge in [-0.05, 0) is 6.42 Å². The van der Waals surface area contributed by atoms with Gasteiger partial charge in [-0.1, -0.05) is 25.2 Å². The van der Waals surface area contributed by atoms with E-state index in [1.807, 2.05) is 0 Å². The third-order valence-electron chi connectivity index (χ3n) is 1.43. The smallest absolute Gasteiger partial charge is 0.279 e. The quantitative estimate of drug-likeness (QED) is 0.764. The highest BCUT2D eigenvalue weighted by Crippen LogP contribution is 2.50. The van der Waals surface area contributed by atoms with Crippen LogP contribution in [0.15, 0.2) is 0 Å². The summed E-state index contributed by atoms with van der Waals surface area (Å²) < 4.78 is 46.8. The van der Waals surface area contributed by atoms with Crippen molar-refractivity contribution in [2.75, 3.05) is 0 Å². The number of nitrogens with two attached hydrogens (primary N) is 1. The molecule has 0 fully saturated rings. The molecule has 2 unspecified atom stereocenters. The molecular weight excluding hydrogens is 252 g/mol. The summed E-state index contributed by atoms with van der Waals surface area (Å²) in [4.78, 5) is 10.4. The van der Waals surface area contributed by atoms with Crippen LogP contribution in [0.3, 0.4) is 0 Å². The molecule has 0 aromatic heterocycles. The van der Waals surface area contributed by atoms with Gasteiger partial charge in [0.05, 0.1) is 0 Å². The zero-order valence-electron chi connectivity index (χ0n) is 8.17. The van der Waals surface area contributed by atoms with E-state index in [0.717, 1.165) is 0 Å². The fourth-order valence-electron chi connectivity index (χ4n) is 0.573. The first-order valence-corrected chi connectivity index (χ1v) is 7.31. The summed E-state index contributed by atoms with van der Waals surface area (Å²) in [5.74, 6) is -2.27. The topological polar surface area (TPSA) is 72.2 Å². The molecule has 0 saturated heterocycles. The van der Waals surface area contributed by atoms with Crippen LogP contribution in [0.2, 0.25) is 0 Å². The van der Waals surface area contributed by atoms with E-state index >= 15 is 0 Å². The second-order valence-corrected chi connectivity index (χ2v) is 7.55. The van der Waals surface area contributed by atoms with Crippen LogP contribution >= 0.6 is 18.0 Å². The first-order chi connectivity index (χ1) is 6.58. The highest BCUT2D eigenvalue weighted by molar-refractivity contribution is 8.57. The molecule has 0 saturated carbocycles. The molecular formula is C6H12F3N2O2PS. The van der Waals surface area contributed by atoms with E-state index in [1.165, 1.54) is 5.09 Å². The Balaban J connectivity index is 4.39. The number of alkyl halides is 3. The van der Waals surface area contributed by atoms with Gasteiger partial charge in [0.25, 0.3) is 6.65 Å². The number of halogens is 3. The van der Waals surface area contributed by atoms with Crippen LogP contribution in [0.1, 0.15) is 20.3 Å². The Hall–Kier alpha value is -0.200. The maximum atomic E-state index is 11.8. The van der Waals surface area contributed by atoms with Crippen molar-refractivity contribution in [2.24, 2.45) is 5.50 Å². The van der Waals surface area contributed by atoms with E-state index in [2.05, 4.69) is 0 Å². The van der Waals surface area contributed by atoms with Crippen LogP contribution in [0.5, 0.6) is 0 Å². The third kappa shape index (κ3) is 6.06. The SMILES string of the molecule is CCC(C)SP(N)(=O)NC(=O)C(F)(F)F. The van der Waals surface area contributed by atoms with Gasteiger partial charge in [-0.15, -0.1) is 0 Å². The van der Waals surface area contributed by atoms with Crippen molar-refractivity contribution in [3.8, 4) is 0 Å². The molecule has 0 aliphatic carbocycles. The minimum Gasteiger partial charge on any atom is -0.279 e. The molecule has 0 aromatic carbocycles. The molecule has 0 spiro atoms. The lowest BCUT2D eigenvalue weighted by Gasteiger charge is -2.17. The summed E-state index contributed by atoms with van der Waals surface area (Å²) in [6, 6.07) is 0. The maximum absolute atomic E-state index is 11.8. The van der Waals surface area contributed by atoms with Gasteiger partial charge in [-0.25, -0.2) is 0 Å². The summed E-state index contributed by atoms with van der Waals surface area (Å²) >= 11 is 0.648. The van der Waals surface area contributed by atoms with Gasteiger partial charge >= 0.3 is 12.1 Å². The Kier molecular flexibility index (Phi) is 5.16. The number of hydrogen-bond donors (Lipinski definition) is 2. The number of carbonyl (C=O) groups is 1. The molecule has 4 nitrogen and oxygen atoms in total. The molecule has 0 radical (unpaired) electrons. The first-order valence-electron chi connectivity index (χ1n) is 4.05. The Morgan fingerprint density at radius 2 is 2.07 bits per heavy atom. The zero-order valence-corrected chi connectivity index (χ0v) is 9.88. The summed E-state index contributed by atoms with van der Waals surface area (Å²) in [7, 11) is 0. The van der Waals surface area contributed by atoms with Gasteiger partial charge in [-0.3, -0.25) is 20.0 Å². The number of carbonyl (C=O) groups excluding carboxylic acids is 1. The van der Waals surface area contributed by atoms with Gasteiger partial charge in [0.1, 0.15) is 0 Å². The largest absolute Gasteiger partial charge is 0.471 e. The van der Waals surface area contributed by atoms with Crippen LogP contribution in [0.4, 0.5) is 13.2 Å². The second kappa shape index (κ2) is 5.23. The van der Waals surface area contributed by atoms with Gasteiger partial charge in [0, 0.05) is 5.25 Å². The third-order valence-corrected chi connectivity index (χ3v) is 5.24. The van der Waals surface area contributed by atoms with Gasteiger partial charge in [0.15, 0.2) is 0 Å². The molecule has 0 aliphatic heterocycles. The van der Waals surface area contributed by atoms with Crippen molar-refractivity contribution in [2.45, 2.75) is 31.7 Å². The number of nitrogens with one attached hydrogen (secondary N) is 1. The molecule has 0 rings (SSSR count). The highest BCUT2D eigenvalue weighted by atomic mass is 32.7. The first kappa shape index (κ1) is 14.8. The number of hydrogen-bond acceptors (Lipinski definition) is 3. The predicted octanol–water partition coefficient (Wildman–Crippen LogP) is 2.26. The lowest BCUT2D eigenvalue weighted by molar-refractivity contribution is -0.171. The minimum atomic E-state index is -5.06. The van der Waals surface area contributed by atoms with E-state index in [0.29, 0.717) is 17.8 Å².